The molecule has 0 fully saturated rings. The van der Waals surface area contributed by atoms with Crippen molar-refractivity contribution in [2.45, 2.75) is 6.61 Å². The molecule has 0 aliphatic carbocycles. The maximum atomic E-state index is 11.1. The van der Waals surface area contributed by atoms with Crippen LogP contribution in [0, 0.1) is 0 Å². The van der Waals surface area contributed by atoms with Crippen LogP contribution in [0.4, 0.5) is 0 Å². The predicted octanol–water partition coefficient (Wildman–Crippen LogP) is -1.20. The molecule has 0 spiro atoms. The number of nitrogen functional groups attached to an aromatic ring is 1. The van der Waals surface area contributed by atoms with Crippen molar-refractivity contribution >= 4 is 18.9 Å². The Kier molecular flexibility index (Phi) is 2.04. The van der Waals surface area contributed by atoms with Gasteiger partial charge in [0.1, 0.15) is 0 Å². The number of hydrogen-bond donors (Lipinski definition) is 2. The van der Waals surface area contributed by atoms with Gasteiger partial charge in [0.2, 0.25) is 0 Å². The second-order valence-corrected chi connectivity index (χ2v) is 2.95. The van der Waals surface area contributed by atoms with Crippen LogP contribution in [0.5, 0.6) is 0 Å². The van der Waals surface area contributed by atoms with Gasteiger partial charge in [0.05, 0.1) is 6.61 Å². The molecule has 1 aliphatic heterocycles. The fourth-order valence-corrected chi connectivity index (χ4v) is 1.40. The fraction of sp³-hybridized carbons (Fsp3) is 0.125. The monoisotopic (exact) mass is 176 g/mol. The van der Waals surface area contributed by atoms with Gasteiger partial charge in [0, 0.05) is 5.56 Å². The zero-order valence-corrected chi connectivity index (χ0v) is 7.04. The van der Waals surface area contributed by atoms with Gasteiger partial charge in [0.15, 0.2) is 0 Å². The molecule has 1 aromatic carbocycles. The molecule has 0 radical (unpaired) electrons. The molecule has 1 aromatic rings. The van der Waals surface area contributed by atoms with E-state index in [4.69, 9.17) is 10.5 Å². The summed E-state index contributed by atoms with van der Waals surface area (Å²) in [5.74, 6) is 4.75. The van der Waals surface area contributed by atoms with Gasteiger partial charge >= 0.3 is 7.48 Å². The molecule has 0 bridgehead atoms. The SMILES string of the molecule is NNC(=O)c1ccc2c(c1)BOC2. The molecule has 4 nitrogen and oxygen atoms in total. The summed E-state index contributed by atoms with van der Waals surface area (Å²) in [6.45, 7) is 0.639. The lowest BCUT2D eigenvalue weighted by Crippen LogP contribution is -2.31. The third-order valence-electron chi connectivity index (χ3n) is 2.11. The van der Waals surface area contributed by atoms with E-state index in [0.29, 0.717) is 19.7 Å². The molecule has 66 valence electrons. The fourth-order valence-electron chi connectivity index (χ4n) is 1.40. The molecule has 2 rings (SSSR count). The van der Waals surface area contributed by atoms with Crippen LogP contribution in [-0.2, 0) is 11.3 Å². The van der Waals surface area contributed by atoms with Gasteiger partial charge in [0.25, 0.3) is 5.91 Å². The zero-order chi connectivity index (χ0) is 9.26. The van der Waals surface area contributed by atoms with Crippen molar-refractivity contribution in [1.29, 1.82) is 0 Å². The lowest BCUT2D eigenvalue weighted by molar-refractivity contribution is 0.0953. The number of benzene rings is 1. The van der Waals surface area contributed by atoms with Gasteiger partial charge in [-0.25, -0.2) is 5.84 Å². The molecular formula is C8H9BN2O2. The van der Waals surface area contributed by atoms with E-state index >= 15 is 0 Å². The van der Waals surface area contributed by atoms with Crippen molar-refractivity contribution in [2.24, 2.45) is 5.84 Å². The summed E-state index contributed by atoms with van der Waals surface area (Å²) in [6, 6.07) is 5.45. The standard InChI is InChI=1S/C8H9BN2O2/c10-11-8(12)5-1-2-6-4-13-9-7(6)3-5/h1-3,9H,4,10H2,(H,11,12). The Morgan fingerprint density at radius 2 is 2.46 bits per heavy atom. The Bertz CT molecular complexity index is 354. The van der Waals surface area contributed by atoms with Crippen LogP contribution in [0.15, 0.2) is 18.2 Å². The number of nitrogens with one attached hydrogen (secondary N) is 1. The molecule has 0 saturated carbocycles. The summed E-state index contributed by atoms with van der Waals surface area (Å²) < 4.78 is 5.22. The highest BCUT2D eigenvalue weighted by molar-refractivity contribution is 6.49. The largest absolute Gasteiger partial charge is 0.430 e. The summed E-state index contributed by atoms with van der Waals surface area (Å²) in [4.78, 5) is 11.1. The predicted molar refractivity (Wildman–Crippen MR) is 49.7 cm³/mol. The number of rotatable bonds is 1. The molecule has 0 aromatic heterocycles. The Morgan fingerprint density at radius 1 is 1.62 bits per heavy atom. The quantitative estimate of drug-likeness (QED) is 0.244. The smallest absolute Gasteiger partial charge is 0.309 e. The molecule has 3 N–H and O–H groups in total. The number of hydrazine groups is 1. The Balaban J connectivity index is 2.36. The molecule has 0 atom stereocenters. The first-order valence-electron chi connectivity index (χ1n) is 4.02. The Morgan fingerprint density at radius 3 is 3.23 bits per heavy atom. The minimum Gasteiger partial charge on any atom is -0.430 e. The number of amides is 1. The average Bonchev–Trinajstić information content (AvgIpc) is 2.63. The van der Waals surface area contributed by atoms with E-state index in [1.54, 1.807) is 6.07 Å². The molecule has 0 saturated heterocycles. The number of hydrogen-bond acceptors (Lipinski definition) is 3. The van der Waals surface area contributed by atoms with Crippen molar-refractivity contribution in [3.05, 3.63) is 29.3 Å². The first kappa shape index (κ1) is 8.28. The lowest BCUT2D eigenvalue weighted by atomic mass is 9.86. The summed E-state index contributed by atoms with van der Waals surface area (Å²) in [5, 5.41) is 0. The van der Waals surface area contributed by atoms with E-state index in [9.17, 15) is 4.79 Å². The van der Waals surface area contributed by atoms with Gasteiger partial charge < -0.3 is 4.65 Å². The normalized spacial score (nSPS) is 13.3. The Hall–Kier alpha value is -1.33. The summed E-state index contributed by atoms with van der Waals surface area (Å²) in [5.41, 5.74) is 4.89. The first-order chi connectivity index (χ1) is 6.31. The average molecular weight is 176 g/mol. The highest BCUT2D eigenvalue weighted by Crippen LogP contribution is 2.07. The summed E-state index contributed by atoms with van der Waals surface area (Å²) in [6.07, 6.45) is 0. The lowest BCUT2D eigenvalue weighted by Gasteiger charge is -2.01. The molecular weight excluding hydrogens is 167 g/mol. The van der Waals surface area contributed by atoms with Gasteiger partial charge in [-0.2, -0.15) is 0 Å². The van der Waals surface area contributed by atoms with Crippen LogP contribution in [0.3, 0.4) is 0 Å². The van der Waals surface area contributed by atoms with Crippen LogP contribution in [-0.4, -0.2) is 13.4 Å². The van der Waals surface area contributed by atoms with Gasteiger partial charge in [-0.05, 0) is 17.1 Å². The maximum Gasteiger partial charge on any atom is 0.309 e. The van der Waals surface area contributed by atoms with E-state index in [-0.39, 0.29) is 5.91 Å². The van der Waals surface area contributed by atoms with Crippen LogP contribution < -0.4 is 16.7 Å². The van der Waals surface area contributed by atoms with Crippen molar-refractivity contribution in [1.82, 2.24) is 5.43 Å². The van der Waals surface area contributed by atoms with E-state index in [1.165, 1.54) is 0 Å². The number of nitrogens with two attached hydrogens (primary N) is 1. The zero-order valence-electron chi connectivity index (χ0n) is 7.04. The molecule has 5 heteroatoms. The summed E-state index contributed by atoms with van der Waals surface area (Å²) in [7, 11) is 0.584. The molecule has 1 amide bonds. The van der Waals surface area contributed by atoms with Crippen LogP contribution >= 0.6 is 0 Å². The third-order valence-corrected chi connectivity index (χ3v) is 2.11. The molecule has 13 heavy (non-hydrogen) atoms. The maximum absolute atomic E-state index is 11.1. The van der Waals surface area contributed by atoms with E-state index in [2.05, 4.69) is 5.43 Å². The van der Waals surface area contributed by atoms with Gasteiger partial charge in [-0.1, -0.05) is 12.1 Å². The van der Waals surface area contributed by atoms with Crippen molar-refractivity contribution in [2.75, 3.05) is 0 Å². The first-order valence-corrected chi connectivity index (χ1v) is 4.02. The highest BCUT2D eigenvalue weighted by atomic mass is 16.4. The topological polar surface area (TPSA) is 64.3 Å². The number of carbonyl (C=O) groups excluding carboxylic acids is 1. The van der Waals surface area contributed by atoms with Crippen molar-refractivity contribution in [3.63, 3.8) is 0 Å². The summed E-state index contributed by atoms with van der Waals surface area (Å²) >= 11 is 0. The molecule has 0 unspecified atom stereocenters. The van der Waals surface area contributed by atoms with E-state index in [1.807, 2.05) is 12.1 Å². The highest BCUT2D eigenvalue weighted by Gasteiger charge is 2.14. The second-order valence-electron chi connectivity index (χ2n) is 2.95. The minimum atomic E-state index is -0.269. The third kappa shape index (κ3) is 1.43. The van der Waals surface area contributed by atoms with Crippen LogP contribution in [0.2, 0.25) is 0 Å². The van der Waals surface area contributed by atoms with Gasteiger partial charge in [-0.15, -0.1) is 0 Å². The second kappa shape index (κ2) is 3.20. The number of fused-ring (bicyclic) bond motifs is 1. The van der Waals surface area contributed by atoms with Crippen LogP contribution in [0.25, 0.3) is 0 Å². The van der Waals surface area contributed by atoms with E-state index < -0.39 is 0 Å². The van der Waals surface area contributed by atoms with Crippen molar-refractivity contribution < 1.29 is 9.45 Å². The molecule has 1 aliphatic rings. The van der Waals surface area contributed by atoms with E-state index in [0.717, 1.165) is 11.0 Å². The number of carbonyl (C=O) groups is 1. The van der Waals surface area contributed by atoms with Crippen molar-refractivity contribution in [3.8, 4) is 0 Å². The molecule has 1 heterocycles. The minimum absolute atomic E-state index is 0.269. The van der Waals surface area contributed by atoms with Gasteiger partial charge in [-0.3, -0.25) is 10.2 Å². The van der Waals surface area contributed by atoms with Crippen LogP contribution in [0.1, 0.15) is 15.9 Å². The Labute approximate surface area is 76.3 Å².